The van der Waals surface area contributed by atoms with Crippen LogP contribution in [-0.2, 0) is 10.2 Å². The Morgan fingerprint density at radius 2 is 1.81 bits per heavy atom. The maximum atomic E-state index is 10.7. The van der Waals surface area contributed by atoms with Crippen molar-refractivity contribution in [3.05, 3.63) is 35.9 Å². The summed E-state index contributed by atoms with van der Waals surface area (Å²) in [4.78, 5) is 6.87. The summed E-state index contributed by atoms with van der Waals surface area (Å²) in [5, 5.41) is 17.5. The van der Waals surface area contributed by atoms with E-state index in [2.05, 4.69) is 58.6 Å². The zero-order valence-corrected chi connectivity index (χ0v) is 17.3. The zero-order chi connectivity index (χ0) is 19.8. The third-order valence-corrected chi connectivity index (χ3v) is 4.84. The summed E-state index contributed by atoms with van der Waals surface area (Å²) in [5.74, 6) is 0.740. The van der Waals surface area contributed by atoms with Crippen LogP contribution in [0.5, 0.6) is 0 Å². The Bertz CT molecular complexity index is 581. The minimum atomic E-state index is -0.866. The lowest BCUT2D eigenvalue weighted by molar-refractivity contribution is -0.0179. The summed E-state index contributed by atoms with van der Waals surface area (Å²) in [5.41, 5.74) is 0.398. The van der Waals surface area contributed by atoms with Gasteiger partial charge in [-0.15, -0.1) is 0 Å². The molecule has 1 saturated heterocycles. The van der Waals surface area contributed by atoms with Crippen molar-refractivity contribution in [2.75, 3.05) is 52.5 Å². The molecule has 27 heavy (non-hydrogen) atoms. The Labute approximate surface area is 164 Å². The van der Waals surface area contributed by atoms with E-state index in [1.165, 1.54) is 5.56 Å². The van der Waals surface area contributed by atoms with Gasteiger partial charge in [-0.3, -0.25) is 9.89 Å². The molecule has 1 atom stereocenters. The molecule has 0 bridgehead atoms. The average molecular weight is 377 g/mol. The molecule has 0 saturated carbocycles. The molecule has 1 aromatic rings. The minimum Gasteiger partial charge on any atom is -0.387 e. The Kier molecular flexibility index (Phi) is 8.07. The summed E-state index contributed by atoms with van der Waals surface area (Å²) in [6.07, 6.45) is 0. The molecule has 2 rings (SSSR count). The van der Waals surface area contributed by atoms with Crippen molar-refractivity contribution in [2.24, 2.45) is 4.99 Å². The topological polar surface area (TPSA) is 69.1 Å². The second-order valence-corrected chi connectivity index (χ2v) is 8.18. The van der Waals surface area contributed by atoms with Crippen molar-refractivity contribution in [2.45, 2.75) is 38.7 Å². The molecule has 152 valence electrons. The quantitative estimate of drug-likeness (QED) is 0.475. The average Bonchev–Trinajstić information content (AvgIpc) is 2.65. The van der Waals surface area contributed by atoms with Gasteiger partial charge in [0.15, 0.2) is 5.96 Å². The SMILES string of the molecule is CCNC(=NCC(C)(O)CN1CCOCC1)NCC(C)(C)c1ccccc1. The predicted octanol–water partition coefficient (Wildman–Crippen LogP) is 1.60. The zero-order valence-electron chi connectivity index (χ0n) is 17.3. The van der Waals surface area contributed by atoms with Crippen LogP contribution >= 0.6 is 0 Å². The molecule has 1 heterocycles. The number of nitrogens with zero attached hydrogens (tertiary/aromatic N) is 2. The van der Waals surface area contributed by atoms with Gasteiger partial charge < -0.3 is 20.5 Å². The van der Waals surface area contributed by atoms with E-state index in [1.54, 1.807) is 0 Å². The van der Waals surface area contributed by atoms with Gasteiger partial charge in [0.25, 0.3) is 0 Å². The van der Waals surface area contributed by atoms with Gasteiger partial charge >= 0.3 is 0 Å². The molecule has 1 aromatic carbocycles. The summed E-state index contributed by atoms with van der Waals surface area (Å²) in [7, 11) is 0. The molecule has 0 radical (unpaired) electrons. The van der Waals surface area contributed by atoms with E-state index in [9.17, 15) is 5.11 Å². The van der Waals surface area contributed by atoms with Crippen molar-refractivity contribution in [3.63, 3.8) is 0 Å². The van der Waals surface area contributed by atoms with E-state index >= 15 is 0 Å². The molecule has 0 aromatic heterocycles. The van der Waals surface area contributed by atoms with Gasteiger partial charge in [0, 0.05) is 38.1 Å². The van der Waals surface area contributed by atoms with Crippen molar-refractivity contribution >= 4 is 5.96 Å². The summed E-state index contributed by atoms with van der Waals surface area (Å²) in [6, 6.07) is 10.5. The number of β-amino-alcohol motifs (C(OH)–C–C–N with tert-alkyl or cyclic N) is 1. The van der Waals surface area contributed by atoms with Crippen LogP contribution in [-0.4, -0.2) is 74.0 Å². The smallest absolute Gasteiger partial charge is 0.191 e. The number of morpholine rings is 1. The van der Waals surface area contributed by atoms with E-state index in [-0.39, 0.29) is 5.41 Å². The lowest BCUT2D eigenvalue weighted by atomic mass is 9.85. The first kappa shape index (κ1) is 21.7. The molecule has 1 aliphatic rings. The number of ether oxygens (including phenoxy) is 1. The van der Waals surface area contributed by atoms with Crippen LogP contribution in [0.15, 0.2) is 35.3 Å². The highest BCUT2D eigenvalue weighted by molar-refractivity contribution is 5.79. The molecule has 0 amide bonds. The fourth-order valence-electron chi connectivity index (χ4n) is 3.18. The molecular formula is C21H36N4O2. The molecule has 0 spiro atoms. The predicted molar refractivity (Wildman–Crippen MR) is 111 cm³/mol. The third-order valence-electron chi connectivity index (χ3n) is 4.84. The number of benzene rings is 1. The van der Waals surface area contributed by atoms with E-state index in [1.807, 2.05) is 19.9 Å². The third kappa shape index (κ3) is 7.48. The molecule has 1 unspecified atom stereocenters. The number of guanidine groups is 1. The maximum absolute atomic E-state index is 10.7. The molecule has 3 N–H and O–H groups in total. The van der Waals surface area contributed by atoms with Crippen LogP contribution in [0, 0.1) is 0 Å². The van der Waals surface area contributed by atoms with Gasteiger partial charge in [-0.2, -0.15) is 0 Å². The van der Waals surface area contributed by atoms with Crippen molar-refractivity contribution < 1.29 is 9.84 Å². The van der Waals surface area contributed by atoms with Gasteiger partial charge in [-0.25, -0.2) is 0 Å². The van der Waals surface area contributed by atoms with E-state index in [4.69, 9.17) is 4.74 Å². The van der Waals surface area contributed by atoms with Crippen LogP contribution in [0.2, 0.25) is 0 Å². The number of hydrogen-bond donors (Lipinski definition) is 3. The first-order valence-corrected chi connectivity index (χ1v) is 9.93. The first-order valence-electron chi connectivity index (χ1n) is 9.93. The van der Waals surface area contributed by atoms with Crippen LogP contribution in [0.25, 0.3) is 0 Å². The number of hydrogen-bond acceptors (Lipinski definition) is 4. The second-order valence-electron chi connectivity index (χ2n) is 8.18. The van der Waals surface area contributed by atoms with Crippen LogP contribution in [0.3, 0.4) is 0 Å². The lowest BCUT2D eigenvalue weighted by Crippen LogP contribution is -2.48. The summed E-state index contributed by atoms with van der Waals surface area (Å²) < 4.78 is 5.37. The van der Waals surface area contributed by atoms with Crippen molar-refractivity contribution in [3.8, 4) is 0 Å². The van der Waals surface area contributed by atoms with E-state index in [0.717, 1.165) is 45.4 Å². The van der Waals surface area contributed by atoms with Gasteiger partial charge in [0.1, 0.15) is 0 Å². The molecule has 0 aliphatic carbocycles. The number of aliphatic imine (C=N–C) groups is 1. The minimum absolute atomic E-state index is 0.0201. The maximum Gasteiger partial charge on any atom is 0.191 e. The highest BCUT2D eigenvalue weighted by Gasteiger charge is 2.26. The fourth-order valence-corrected chi connectivity index (χ4v) is 3.18. The largest absolute Gasteiger partial charge is 0.387 e. The highest BCUT2D eigenvalue weighted by Crippen LogP contribution is 2.21. The Balaban J connectivity index is 1.92. The molecule has 1 fully saturated rings. The first-order chi connectivity index (χ1) is 12.8. The Hall–Kier alpha value is -1.63. The fraction of sp³-hybridized carbons (Fsp3) is 0.667. The standard InChI is InChI=1S/C21H36N4O2/c1-5-22-19(23-15-20(2,3)18-9-7-6-8-10-18)24-16-21(4,26)17-25-11-13-27-14-12-25/h6-10,26H,5,11-17H2,1-4H3,(H2,22,23,24). The molecule has 6 nitrogen and oxygen atoms in total. The summed E-state index contributed by atoms with van der Waals surface area (Å²) in [6.45, 7) is 14.0. The van der Waals surface area contributed by atoms with Crippen LogP contribution < -0.4 is 10.6 Å². The van der Waals surface area contributed by atoms with E-state index in [0.29, 0.717) is 13.1 Å². The van der Waals surface area contributed by atoms with Crippen molar-refractivity contribution in [1.82, 2.24) is 15.5 Å². The molecule has 1 aliphatic heterocycles. The lowest BCUT2D eigenvalue weighted by Gasteiger charge is -2.33. The number of nitrogens with one attached hydrogen (secondary N) is 2. The summed E-state index contributed by atoms with van der Waals surface area (Å²) >= 11 is 0. The van der Waals surface area contributed by atoms with Gasteiger partial charge in [-0.1, -0.05) is 44.2 Å². The number of rotatable bonds is 8. The Morgan fingerprint density at radius 1 is 1.15 bits per heavy atom. The van der Waals surface area contributed by atoms with Gasteiger partial charge in [0.05, 0.1) is 25.4 Å². The van der Waals surface area contributed by atoms with Crippen LogP contribution in [0.4, 0.5) is 0 Å². The molecule has 6 heteroatoms. The Morgan fingerprint density at radius 3 is 2.44 bits per heavy atom. The monoisotopic (exact) mass is 376 g/mol. The number of aliphatic hydroxyl groups is 1. The van der Waals surface area contributed by atoms with Crippen LogP contribution in [0.1, 0.15) is 33.3 Å². The highest BCUT2D eigenvalue weighted by atomic mass is 16.5. The van der Waals surface area contributed by atoms with E-state index < -0.39 is 5.60 Å². The van der Waals surface area contributed by atoms with Gasteiger partial charge in [0.2, 0.25) is 0 Å². The van der Waals surface area contributed by atoms with Gasteiger partial charge in [-0.05, 0) is 19.4 Å². The normalized spacial score (nSPS) is 18.8. The van der Waals surface area contributed by atoms with Crippen molar-refractivity contribution in [1.29, 1.82) is 0 Å². The molecular weight excluding hydrogens is 340 g/mol. The second kappa shape index (κ2) is 10.1.